The zero-order valence-corrected chi connectivity index (χ0v) is 10.1. The molecule has 96 valence electrons. The quantitative estimate of drug-likeness (QED) is 0.811. The van der Waals surface area contributed by atoms with Crippen molar-refractivity contribution in [1.29, 1.82) is 0 Å². The van der Waals surface area contributed by atoms with Crippen molar-refractivity contribution in [2.45, 2.75) is 31.7 Å². The molecule has 0 unspecified atom stereocenters. The Balaban J connectivity index is 0.00000144. The maximum Gasteiger partial charge on any atom is 0.194 e. The van der Waals surface area contributed by atoms with Gasteiger partial charge in [0.05, 0.1) is 0 Å². The molecule has 1 atom stereocenters. The van der Waals surface area contributed by atoms with Crippen LogP contribution in [-0.2, 0) is 0 Å². The highest BCUT2D eigenvalue weighted by atomic mass is 35.5. The van der Waals surface area contributed by atoms with Crippen LogP contribution in [0, 0.1) is 23.4 Å². The highest BCUT2D eigenvalue weighted by molar-refractivity contribution is 5.85. The molecule has 1 aliphatic carbocycles. The molecular formula is C12H15ClF3N. The first kappa shape index (κ1) is 14.3. The third-order valence-corrected chi connectivity index (χ3v) is 3.30. The van der Waals surface area contributed by atoms with E-state index in [2.05, 4.69) is 0 Å². The van der Waals surface area contributed by atoms with E-state index in [0.29, 0.717) is 5.56 Å². The third kappa shape index (κ3) is 2.93. The minimum atomic E-state index is -1.43. The van der Waals surface area contributed by atoms with Crippen molar-refractivity contribution in [2.75, 3.05) is 0 Å². The largest absolute Gasteiger partial charge is 0.324 e. The molecule has 2 rings (SSSR count). The maximum absolute atomic E-state index is 13.0. The minimum absolute atomic E-state index is 0. The fourth-order valence-corrected chi connectivity index (χ4v) is 2.36. The number of benzene rings is 1. The number of halogens is 4. The van der Waals surface area contributed by atoms with Crippen molar-refractivity contribution >= 4 is 12.4 Å². The van der Waals surface area contributed by atoms with E-state index < -0.39 is 23.5 Å². The maximum atomic E-state index is 13.0. The summed E-state index contributed by atoms with van der Waals surface area (Å²) in [5.41, 5.74) is 6.28. The summed E-state index contributed by atoms with van der Waals surface area (Å²) in [6.45, 7) is 0. The average Bonchev–Trinajstić information content (AvgIpc) is 2.77. The van der Waals surface area contributed by atoms with Crippen LogP contribution in [-0.4, -0.2) is 0 Å². The van der Waals surface area contributed by atoms with Gasteiger partial charge in [-0.3, -0.25) is 0 Å². The van der Waals surface area contributed by atoms with Gasteiger partial charge in [-0.2, -0.15) is 0 Å². The summed E-state index contributed by atoms with van der Waals surface area (Å²) in [5, 5.41) is 0. The lowest BCUT2D eigenvalue weighted by Gasteiger charge is -2.19. The van der Waals surface area contributed by atoms with Crippen molar-refractivity contribution in [3.63, 3.8) is 0 Å². The van der Waals surface area contributed by atoms with Crippen molar-refractivity contribution in [3.05, 3.63) is 35.1 Å². The Morgan fingerprint density at radius 2 is 1.53 bits per heavy atom. The average molecular weight is 266 g/mol. The third-order valence-electron chi connectivity index (χ3n) is 3.30. The molecule has 2 N–H and O–H groups in total. The van der Waals surface area contributed by atoms with Gasteiger partial charge in [-0.1, -0.05) is 12.8 Å². The molecule has 0 spiro atoms. The van der Waals surface area contributed by atoms with Gasteiger partial charge >= 0.3 is 0 Å². The Kier molecular flexibility index (Phi) is 4.83. The zero-order valence-electron chi connectivity index (χ0n) is 9.26. The second kappa shape index (κ2) is 5.74. The van der Waals surface area contributed by atoms with Crippen LogP contribution in [0.15, 0.2) is 12.1 Å². The molecule has 0 aromatic heterocycles. The lowest BCUT2D eigenvalue weighted by Crippen LogP contribution is -2.19. The number of hydrogen-bond acceptors (Lipinski definition) is 1. The van der Waals surface area contributed by atoms with E-state index in [0.717, 1.165) is 37.8 Å². The van der Waals surface area contributed by atoms with Crippen LogP contribution in [0.2, 0.25) is 0 Å². The fraction of sp³-hybridized carbons (Fsp3) is 0.500. The van der Waals surface area contributed by atoms with Crippen molar-refractivity contribution in [1.82, 2.24) is 0 Å². The lowest BCUT2D eigenvalue weighted by molar-refractivity contribution is 0.421. The SMILES string of the molecule is Cl.N[C@H](c1cc(F)c(F)c(F)c1)C1CCCC1. The van der Waals surface area contributed by atoms with Gasteiger partial charge in [-0.25, -0.2) is 13.2 Å². The zero-order chi connectivity index (χ0) is 11.7. The Bertz CT molecular complexity index is 368. The highest BCUT2D eigenvalue weighted by Gasteiger charge is 2.25. The number of hydrogen-bond donors (Lipinski definition) is 1. The molecular weight excluding hydrogens is 251 g/mol. The van der Waals surface area contributed by atoms with E-state index >= 15 is 0 Å². The van der Waals surface area contributed by atoms with Crippen LogP contribution in [0.5, 0.6) is 0 Å². The molecule has 0 heterocycles. The van der Waals surface area contributed by atoms with Gasteiger partial charge in [0.25, 0.3) is 0 Å². The summed E-state index contributed by atoms with van der Waals surface area (Å²) in [7, 11) is 0. The van der Waals surface area contributed by atoms with Gasteiger partial charge in [0, 0.05) is 6.04 Å². The summed E-state index contributed by atoms with van der Waals surface area (Å²) in [6.07, 6.45) is 4.15. The first-order valence-electron chi connectivity index (χ1n) is 5.49. The molecule has 1 nitrogen and oxygen atoms in total. The van der Waals surface area contributed by atoms with E-state index in [-0.39, 0.29) is 18.3 Å². The van der Waals surface area contributed by atoms with Crippen LogP contribution >= 0.6 is 12.4 Å². The standard InChI is InChI=1S/C12H14F3N.ClH/c13-9-5-8(6-10(14)11(9)15)12(16)7-3-1-2-4-7;/h5-7,12H,1-4,16H2;1H/t12-;/m0./s1. The van der Waals surface area contributed by atoms with Crippen molar-refractivity contribution < 1.29 is 13.2 Å². The molecule has 1 fully saturated rings. The van der Waals surface area contributed by atoms with Gasteiger partial charge in [-0.05, 0) is 36.5 Å². The monoisotopic (exact) mass is 265 g/mol. The predicted octanol–water partition coefficient (Wildman–Crippen LogP) is 3.72. The normalized spacial score (nSPS) is 17.9. The van der Waals surface area contributed by atoms with Gasteiger partial charge in [0.1, 0.15) is 0 Å². The number of nitrogens with two attached hydrogens (primary N) is 1. The van der Waals surface area contributed by atoms with E-state index in [9.17, 15) is 13.2 Å². The lowest BCUT2D eigenvalue weighted by atomic mass is 9.92. The number of rotatable bonds is 2. The molecule has 0 amide bonds. The minimum Gasteiger partial charge on any atom is -0.324 e. The second-order valence-electron chi connectivity index (χ2n) is 4.37. The van der Waals surface area contributed by atoms with Crippen LogP contribution in [0.25, 0.3) is 0 Å². The molecule has 5 heteroatoms. The first-order chi connectivity index (χ1) is 7.59. The molecule has 0 bridgehead atoms. The van der Waals surface area contributed by atoms with Crippen LogP contribution < -0.4 is 5.73 Å². The molecule has 0 saturated heterocycles. The topological polar surface area (TPSA) is 26.0 Å². The van der Waals surface area contributed by atoms with Crippen LogP contribution in [0.3, 0.4) is 0 Å². The van der Waals surface area contributed by atoms with E-state index in [1.807, 2.05) is 0 Å². The molecule has 1 aromatic rings. The Morgan fingerprint density at radius 3 is 2.00 bits per heavy atom. The smallest absolute Gasteiger partial charge is 0.194 e. The Labute approximate surface area is 105 Å². The van der Waals surface area contributed by atoms with E-state index in [4.69, 9.17) is 5.73 Å². The molecule has 1 saturated carbocycles. The molecule has 1 aliphatic rings. The Hall–Kier alpha value is -0.740. The molecule has 0 radical (unpaired) electrons. The summed E-state index contributed by atoms with van der Waals surface area (Å²) in [5.74, 6) is -3.50. The summed E-state index contributed by atoms with van der Waals surface area (Å²) in [6, 6.07) is 1.61. The second-order valence-corrected chi connectivity index (χ2v) is 4.37. The van der Waals surface area contributed by atoms with E-state index in [1.54, 1.807) is 0 Å². The molecule has 17 heavy (non-hydrogen) atoms. The Morgan fingerprint density at radius 1 is 1.06 bits per heavy atom. The summed E-state index contributed by atoms with van der Waals surface area (Å²) < 4.78 is 38.8. The van der Waals surface area contributed by atoms with Gasteiger partial charge in [-0.15, -0.1) is 12.4 Å². The fourth-order valence-electron chi connectivity index (χ4n) is 2.36. The highest BCUT2D eigenvalue weighted by Crippen LogP contribution is 2.34. The van der Waals surface area contributed by atoms with Crippen molar-refractivity contribution in [3.8, 4) is 0 Å². The molecule has 0 aliphatic heterocycles. The van der Waals surface area contributed by atoms with Gasteiger partial charge in [0.2, 0.25) is 0 Å². The summed E-state index contributed by atoms with van der Waals surface area (Å²) in [4.78, 5) is 0. The first-order valence-corrected chi connectivity index (χ1v) is 5.49. The van der Waals surface area contributed by atoms with Crippen LogP contribution in [0.4, 0.5) is 13.2 Å². The summed E-state index contributed by atoms with van der Waals surface area (Å²) >= 11 is 0. The van der Waals surface area contributed by atoms with Gasteiger partial charge < -0.3 is 5.73 Å². The van der Waals surface area contributed by atoms with Gasteiger partial charge in [0.15, 0.2) is 17.5 Å². The molecule has 1 aromatic carbocycles. The van der Waals surface area contributed by atoms with E-state index in [1.165, 1.54) is 0 Å². The predicted molar refractivity (Wildman–Crippen MR) is 62.5 cm³/mol. The van der Waals surface area contributed by atoms with Crippen molar-refractivity contribution in [2.24, 2.45) is 11.7 Å². The van der Waals surface area contributed by atoms with Crippen LogP contribution in [0.1, 0.15) is 37.3 Å².